The summed E-state index contributed by atoms with van der Waals surface area (Å²) in [7, 11) is 0. The van der Waals surface area contributed by atoms with Gasteiger partial charge in [-0.05, 0) is 120 Å². The van der Waals surface area contributed by atoms with Crippen LogP contribution in [0.5, 0.6) is 11.5 Å². The van der Waals surface area contributed by atoms with Crippen LogP contribution >= 0.6 is 0 Å². The van der Waals surface area contributed by atoms with E-state index in [4.69, 9.17) is 20.0 Å². The number of hydrogen-bond donors (Lipinski definition) is 0. The van der Waals surface area contributed by atoms with Crippen LogP contribution in [0.3, 0.4) is 0 Å². The molecular formula is C46H28N4O4. The highest BCUT2D eigenvalue weighted by Gasteiger charge is 2.22. The Labute approximate surface area is 310 Å². The van der Waals surface area contributed by atoms with Crippen molar-refractivity contribution in [3.8, 4) is 57.5 Å². The van der Waals surface area contributed by atoms with Gasteiger partial charge in [0.2, 0.25) is 0 Å². The quantitative estimate of drug-likeness (QED) is 0.115. The minimum atomic E-state index is -0.506. The largest absolute Gasteiger partial charge is 0.423 e. The van der Waals surface area contributed by atoms with Crippen LogP contribution in [0.2, 0.25) is 0 Å². The summed E-state index contributed by atoms with van der Waals surface area (Å²) in [4.78, 5) is 26.1. The van der Waals surface area contributed by atoms with Crippen LogP contribution in [0.25, 0.3) is 44.9 Å². The Bertz CT molecular complexity index is 2530. The van der Waals surface area contributed by atoms with Gasteiger partial charge >= 0.3 is 11.9 Å². The predicted molar refractivity (Wildman–Crippen MR) is 206 cm³/mol. The third-order valence-corrected chi connectivity index (χ3v) is 9.02. The third-order valence-electron chi connectivity index (χ3n) is 9.02. The molecule has 8 nitrogen and oxygen atoms in total. The molecule has 0 fully saturated rings. The summed E-state index contributed by atoms with van der Waals surface area (Å²) in [5, 5.41) is 18.2. The van der Waals surface area contributed by atoms with Gasteiger partial charge in [-0.2, -0.15) is 10.5 Å². The molecule has 0 bridgehead atoms. The Morgan fingerprint density at radius 1 is 0.444 bits per heavy atom. The molecule has 54 heavy (non-hydrogen) atoms. The molecule has 2 aromatic heterocycles. The first-order valence-corrected chi connectivity index (χ1v) is 17.0. The normalized spacial score (nSPS) is 10.7. The van der Waals surface area contributed by atoms with Gasteiger partial charge in [-0.1, -0.05) is 60.7 Å². The van der Waals surface area contributed by atoms with Crippen LogP contribution in [0.15, 0.2) is 170 Å². The van der Waals surface area contributed by atoms with E-state index in [0.29, 0.717) is 33.8 Å². The zero-order valence-corrected chi connectivity index (χ0v) is 28.6. The fourth-order valence-corrected chi connectivity index (χ4v) is 6.37. The number of nitriles is 2. The summed E-state index contributed by atoms with van der Waals surface area (Å²) in [5.74, 6) is -0.303. The summed E-state index contributed by atoms with van der Waals surface area (Å²) in [6.45, 7) is 0. The lowest BCUT2D eigenvalue weighted by molar-refractivity contribution is 0.0725. The SMILES string of the molecule is N#Cc1ccc(OC(=O)c2ccc(-n3c(-c4ccccc4)cc4c3cc(-c3ccccc3)n4-c3ccc(C(=O)Oc4ccc(C#N)cc4)cc3)cc2)cc1. The second kappa shape index (κ2) is 14.4. The van der Waals surface area contributed by atoms with Gasteiger partial charge in [-0.15, -0.1) is 0 Å². The van der Waals surface area contributed by atoms with Gasteiger partial charge < -0.3 is 18.6 Å². The van der Waals surface area contributed by atoms with Crippen molar-refractivity contribution in [1.29, 1.82) is 10.5 Å². The topological polar surface area (TPSA) is 110 Å². The smallest absolute Gasteiger partial charge is 0.343 e. The van der Waals surface area contributed by atoms with Crippen molar-refractivity contribution < 1.29 is 19.1 Å². The van der Waals surface area contributed by atoms with Gasteiger partial charge in [0.25, 0.3) is 0 Å². The summed E-state index contributed by atoms with van der Waals surface area (Å²) in [6, 6.07) is 56.0. The van der Waals surface area contributed by atoms with E-state index in [2.05, 4.69) is 57.7 Å². The summed E-state index contributed by atoms with van der Waals surface area (Å²) in [5.41, 5.74) is 9.19. The van der Waals surface area contributed by atoms with Crippen LogP contribution in [-0.4, -0.2) is 21.1 Å². The number of benzene rings is 6. The van der Waals surface area contributed by atoms with E-state index in [-0.39, 0.29) is 0 Å². The number of rotatable bonds is 8. The van der Waals surface area contributed by atoms with Crippen molar-refractivity contribution in [1.82, 2.24) is 9.13 Å². The molecule has 0 atom stereocenters. The zero-order chi connectivity index (χ0) is 37.0. The lowest BCUT2D eigenvalue weighted by Crippen LogP contribution is -2.08. The predicted octanol–water partition coefficient (Wildman–Crippen LogP) is 9.94. The molecule has 0 unspecified atom stereocenters. The molecule has 8 rings (SSSR count). The highest BCUT2D eigenvalue weighted by atomic mass is 16.5. The minimum Gasteiger partial charge on any atom is -0.423 e. The van der Waals surface area contributed by atoms with Gasteiger partial charge in [0.1, 0.15) is 11.5 Å². The standard InChI is InChI=1S/C46H28N4O4/c47-29-31-11-23-39(24-12-31)53-45(51)35-15-19-37(20-16-35)49-41(33-7-3-1-4-8-33)27-43-44(49)28-42(34-9-5-2-6-10-34)50(43)38-21-17-36(18-22-38)46(52)54-40-25-13-32(30-48)14-26-40/h1-28H. The van der Waals surface area contributed by atoms with Crippen LogP contribution in [-0.2, 0) is 0 Å². The molecule has 0 aliphatic heterocycles. The fraction of sp³-hybridized carbons (Fsp3) is 0. The van der Waals surface area contributed by atoms with Crippen LogP contribution < -0.4 is 9.47 Å². The number of carbonyl (C=O) groups is 2. The van der Waals surface area contributed by atoms with Crippen LogP contribution in [0, 0.1) is 22.7 Å². The van der Waals surface area contributed by atoms with Gasteiger partial charge in [-0.3, -0.25) is 0 Å². The average molecular weight is 701 g/mol. The summed E-state index contributed by atoms with van der Waals surface area (Å²) in [6.07, 6.45) is 0. The van der Waals surface area contributed by atoms with E-state index in [0.717, 1.165) is 44.9 Å². The molecule has 0 aliphatic rings. The average Bonchev–Trinajstić information content (AvgIpc) is 3.79. The first kappa shape index (κ1) is 33.2. The summed E-state index contributed by atoms with van der Waals surface area (Å²) >= 11 is 0. The maximum atomic E-state index is 13.1. The summed E-state index contributed by atoms with van der Waals surface area (Å²) < 4.78 is 15.5. The Kier molecular flexibility index (Phi) is 8.83. The van der Waals surface area contributed by atoms with Crippen molar-refractivity contribution in [2.45, 2.75) is 0 Å². The van der Waals surface area contributed by atoms with E-state index >= 15 is 0 Å². The van der Waals surface area contributed by atoms with Crippen molar-refractivity contribution in [2.24, 2.45) is 0 Å². The lowest BCUT2D eigenvalue weighted by Gasteiger charge is -2.13. The van der Waals surface area contributed by atoms with E-state index < -0.39 is 11.9 Å². The molecule has 2 heterocycles. The Balaban J connectivity index is 1.20. The zero-order valence-electron chi connectivity index (χ0n) is 28.6. The molecule has 8 aromatic rings. The van der Waals surface area contributed by atoms with Crippen molar-refractivity contribution in [2.75, 3.05) is 0 Å². The molecular weight excluding hydrogens is 673 g/mol. The van der Waals surface area contributed by atoms with Crippen molar-refractivity contribution in [3.63, 3.8) is 0 Å². The third kappa shape index (κ3) is 6.51. The lowest BCUT2D eigenvalue weighted by atomic mass is 10.1. The first-order chi connectivity index (χ1) is 26.5. The number of fused-ring (bicyclic) bond motifs is 1. The maximum absolute atomic E-state index is 13.1. The molecule has 0 saturated heterocycles. The molecule has 8 heteroatoms. The van der Waals surface area contributed by atoms with Crippen molar-refractivity contribution >= 4 is 23.0 Å². The molecule has 0 radical (unpaired) electrons. The number of esters is 2. The van der Waals surface area contributed by atoms with Gasteiger partial charge in [0.05, 0.1) is 56.8 Å². The Hall–Kier alpha value is -7.94. The fourth-order valence-electron chi connectivity index (χ4n) is 6.37. The van der Waals surface area contributed by atoms with E-state index in [1.807, 2.05) is 60.7 Å². The van der Waals surface area contributed by atoms with Gasteiger partial charge in [0, 0.05) is 11.4 Å². The van der Waals surface area contributed by atoms with Crippen molar-refractivity contribution in [3.05, 3.63) is 192 Å². The van der Waals surface area contributed by atoms with E-state index in [1.165, 1.54) is 0 Å². The van der Waals surface area contributed by atoms with E-state index in [9.17, 15) is 9.59 Å². The maximum Gasteiger partial charge on any atom is 0.343 e. The number of hydrogen-bond acceptors (Lipinski definition) is 6. The monoisotopic (exact) mass is 700 g/mol. The molecule has 0 spiro atoms. The molecule has 6 aromatic carbocycles. The number of carbonyl (C=O) groups excluding carboxylic acids is 2. The first-order valence-electron chi connectivity index (χ1n) is 17.0. The second-order valence-electron chi connectivity index (χ2n) is 12.4. The molecule has 0 aliphatic carbocycles. The molecule has 0 saturated carbocycles. The van der Waals surface area contributed by atoms with Gasteiger partial charge in [-0.25, -0.2) is 9.59 Å². The molecule has 0 N–H and O–H groups in total. The number of ether oxygens (including phenoxy) is 2. The number of aromatic nitrogens is 2. The van der Waals surface area contributed by atoms with E-state index in [1.54, 1.807) is 72.8 Å². The highest BCUT2D eigenvalue weighted by molar-refractivity contribution is 5.95. The minimum absolute atomic E-state index is 0.354. The molecule has 0 amide bonds. The molecule has 256 valence electrons. The number of nitrogens with zero attached hydrogens (tertiary/aromatic N) is 4. The van der Waals surface area contributed by atoms with Crippen LogP contribution in [0.1, 0.15) is 31.8 Å². The van der Waals surface area contributed by atoms with Crippen LogP contribution in [0.4, 0.5) is 0 Å². The highest BCUT2D eigenvalue weighted by Crippen LogP contribution is 2.38. The Morgan fingerprint density at radius 2 is 0.796 bits per heavy atom. The Morgan fingerprint density at radius 3 is 1.13 bits per heavy atom. The second-order valence-corrected chi connectivity index (χ2v) is 12.4. The van der Waals surface area contributed by atoms with Gasteiger partial charge in [0.15, 0.2) is 0 Å².